The lowest BCUT2D eigenvalue weighted by atomic mass is 9.87. The molecule has 0 spiro atoms. The molecule has 2 amide bonds. The third-order valence-electron chi connectivity index (χ3n) is 4.81. The fourth-order valence-electron chi connectivity index (χ4n) is 3.09. The predicted molar refractivity (Wildman–Crippen MR) is 93.3 cm³/mol. The second-order valence-corrected chi connectivity index (χ2v) is 7.00. The van der Waals surface area contributed by atoms with Crippen LogP contribution in [0.2, 0.25) is 0 Å². The highest BCUT2D eigenvalue weighted by Gasteiger charge is 2.41. The summed E-state index contributed by atoms with van der Waals surface area (Å²) >= 11 is 0. The van der Waals surface area contributed by atoms with Gasteiger partial charge in [-0.1, -0.05) is 0 Å². The summed E-state index contributed by atoms with van der Waals surface area (Å²) in [5.74, 6) is -0.913. The van der Waals surface area contributed by atoms with Crippen molar-refractivity contribution in [1.29, 1.82) is 0 Å². The number of aromatic nitrogens is 2. The fraction of sp³-hybridized carbons (Fsp3) is 0.625. The minimum atomic E-state index is -1.25. The second kappa shape index (κ2) is 7.42. The lowest BCUT2D eigenvalue weighted by Gasteiger charge is -2.43. The van der Waals surface area contributed by atoms with Crippen molar-refractivity contribution < 1.29 is 14.7 Å². The molecule has 0 aromatic carbocycles. The Morgan fingerprint density at radius 3 is 2.73 bits per heavy atom. The number of piperidine rings is 1. The Hall–Kier alpha value is -2.46. The quantitative estimate of drug-likeness (QED) is 0.468. The molecule has 1 aliphatic heterocycles. The van der Waals surface area contributed by atoms with Gasteiger partial charge in [0.05, 0.1) is 17.7 Å². The Bertz CT molecular complexity index is 812. The van der Waals surface area contributed by atoms with Gasteiger partial charge < -0.3 is 21.5 Å². The molecular formula is C16H25N5O5. The van der Waals surface area contributed by atoms with E-state index in [1.807, 2.05) is 0 Å². The van der Waals surface area contributed by atoms with E-state index >= 15 is 0 Å². The number of likely N-dealkylation sites (tertiary alicyclic amines) is 1. The molecule has 0 unspecified atom stereocenters. The summed E-state index contributed by atoms with van der Waals surface area (Å²) in [6.07, 6.45) is 1.74. The number of aromatic amines is 1. The van der Waals surface area contributed by atoms with E-state index in [-0.39, 0.29) is 38.3 Å². The summed E-state index contributed by atoms with van der Waals surface area (Å²) in [6, 6.07) is -1.63. The first kappa shape index (κ1) is 19.9. The van der Waals surface area contributed by atoms with Crippen LogP contribution in [0.1, 0.15) is 37.8 Å². The molecule has 1 aromatic rings. The van der Waals surface area contributed by atoms with Gasteiger partial charge in [0.1, 0.15) is 0 Å². The molecule has 2 rings (SSSR count). The molecule has 1 aliphatic rings. The van der Waals surface area contributed by atoms with Crippen molar-refractivity contribution in [2.75, 3.05) is 13.1 Å². The second-order valence-electron chi connectivity index (χ2n) is 7.00. The van der Waals surface area contributed by atoms with Gasteiger partial charge in [-0.15, -0.1) is 0 Å². The van der Waals surface area contributed by atoms with Gasteiger partial charge in [-0.25, -0.2) is 4.79 Å². The summed E-state index contributed by atoms with van der Waals surface area (Å²) in [5.41, 5.74) is 8.84. The van der Waals surface area contributed by atoms with Gasteiger partial charge in [0.25, 0.3) is 5.56 Å². The van der Waals surface area contributed by atoms with Gasteiger partial charge >= 0.3 is 5.69 Å². The zero-order valence-electron chi connectivity index (χ0n) is 14.9. The Morgan fingerprint density at radius 1 is 1.46 bits per heavy atom. The Labute approximate surface area is 149 Å². The van der Waals surface area contributed by atoms with Crippen LogP contribution in [0.5, 0.6) is 0 Å². The first-order valence-electron chi connectivity index (χ1n) is 8.40. The average molecular weight is 367 g/mol. The summed E-state index contributed by atoms with van der Waals surface area (Å²) in [5, 5.41) is 10.7. The average Bonchev–Trinajstić information content (AvgIpc) is 2.55. The third kappa shape index (κ3) is 4.20. The number of aliphatic hydroxyl groups is 1. The van der Waals surface area contributed by atoms with Gasteiger partial charge in [-0.05, 0) is 26.7 Å². The molecule has 144 valence electrons. The van der Waals surface area contributed by atoms with E-state index in [1.54, 1.807) is 13.8 Å². The Balaban J connectivity index is 2.25. The Morgan fingerprint density at radius 2 is 2.12 bits per heavy atom. The summed E-state index contributed by atoms with van der Waals surface area (Å²) in [4.78, 5) is 50.8. The highest BCUT2D eigenvalue weighted by molar-refractivity contribution is 5.83. The Kier molecular flexibility index (Phi) is 5.67. The third-order valence-corrected chi connectivity index (χ3v) is 4.81. The van der Waals surface area contributed by atoms with Crippen molar-refractivity contribution in [3.8, 4) is 0 Å². The van der Waals surface area contributed by atoms with Crippen molar-refractivity contribution in [3.63, 3.8) is 0 Å². The maximum atomic E-state index is 12.5. The van der Waals surface area contributed by atoms with Crippen LogP contribution in [0.25, 0.3) is 0 Å². The summed E-state index contributed by atoms with van der Waals surface area (Å²) in [6.45, 7) is 3.46. The number of H-pyrrole nitrogens is 1. The molecule has 0 bridgehead atoms. The zero-order valence-corrected chi connectivity index (χ0v) is 14.9. The maximum absolute atomic E-state index is 12.5. The number of rotatable bonds is 5. The largest absolute Gasteiger partial charge is 0.388 e. The minimum absolute atomic E-state index is 0.000462. The van der Waals surface area contributed by atoms with E-state index in [1.165, 1.54) is 15.7 Å². The van der Waals surface area contributed by atoms with Crippen LogP contribution in [0.3, 0.4) is 0 Å². The lowest BCUT2D eigenvalue weighted by Crippen LogP contribution is -2.57. The van der Waals surface area contributed by atoms with E-state index in [0.29, 0.717) is 5.56 Å². The summed E-state index contributed by atoms with van der Waals surface area (Å²) < 4.78 is 1.24. The van der Waals surface area contributed by atoms with Crippen molar-refractivity contribution in [2.24, 2.45) is 11.5 Å². The van der Waals surface area contributed by atoms with Crippen LogP contribution >= 0.6 is 0 Å². The van der Waals surface area contributed by atoms with Crippen molar-refractivity contribution in [2.45, 2.75) is 50.8 Å². The normalized spacial score (nSPS) is 24.3. The predicted octanol–water partition coefficient (Wildman–Crippen LogP) is -2.04. The van der Waals surface area contributed by atoms with Gasteiger partial charge in [0.15, 0.2) is 0 Å². The highest BCUT2D eigenvalue weighted by Crippen LogP contribution is 2.31. The van der Waals surface area contributed by atoms with Gasteiger partial charge in [-0.2, -0.15) is 0 Å². The minimum Gasteiger partial charge on any atom is -0.388 e. The molecule has 10 nitrogen and oxygen atoms in total. The molecule has 1 saturated heterocycles. The number of primary amides is 1. The van der Waals surface area contributed by atoms with E-state index in [9.17, 15) is 24.3 Å². The van der Waals surface area contributed by atoms with Crippen LogP contribution < -0.4 is 22.7 Å². The van der Waals surface area contributed by atoms with Crippen LogP contribution in [0.15, 0.2) is 15.8 Å². The number of carbonyl (C=O) groups is 2. The number of nitrogens with one attached hydrogen (secondary N) is 1. The van der Waals surface area contributed by atoms with E-state index < -0.39 is 34.8 Å². The van der Waals surface area contributed by atoms with Gasteiger partial charge in [0.2, 0.25) is 11.8 Å². The number of carbonyl (C=O) groups excluding carboxylic acids is 2. The van der Waals surface area contributed by atoms with Crippen LogP contribution in [-0.4, -0.2) is 56.1 Å². The molecule has 0 radical (unpaired) electrons. The first-order valence-corrected chi connectivity index (χ1v) is 8.40. The monoisotopic (exact) mass is 367 g/mol. The first-order chi connectivity index (χ1) is 12.0. The molecule has 26 heavy (non-hydrogen) atoms. The number of nitrogens with zero attached hydrogens (tertiary/aromatic N) is 2. The van der Waals surface area contributed by atoms with Crippen molar-refractivity contribution >= 4 is 11.8 Å². The SMILES string of the molecule is Cc1cn([C@@H]2CN(C(=O)[C@@H](N)CCC(N)=O)CC[C@@]2(C)O)c(=O)[nH]c1=O. The van der Waals surface area contributed by atoms with Crippen molar-refractivity contribution in [1.82, 2.24) is 14.5 Å². The topological polar surface area (TPSA) is 165 Å². The van der Waals surface area contributed by atoms with Crippen LogP contribution in [-0.2, 0) is 9.59 Å². The van der Waals surface area contributed by atoms with E-state index in [2.05, 4.69) is 4.98 Å². The summed E-state index contributed by atoms with van der Waals surface area (Å²) in [7, 11) is 0. The van der Waals surface area contributed by atoms with Gasteiger partial charge in [-0.3, -0.25) is 23.9 Å². The highest BCUT2D eigenvalue weighted by atomic mass is 16.3. The molecule has 0 saturated carbocycles. The number of amides is 2. The smallest absolute Gasteiger partial charge is 0.328 e. The molecule has 6 N–H and O–H groups in total. The standard InChI is InChI=1S/C16H25N5O5/c1-9-7-21(15(25)19-13(9)23)11-8-20(6-5-16(11,2)26)14(24)10(17)3-4-12(18)22/h7,10-11,26H,3-6,8,17H2,1-2H3,(H2,18,22)(H,19,23,25)/t10-,11+,16+/m0/s1. The lowest BCUT2D eigenvalue weighted by molar-refractivity contribution is -0.139. The maximum Gasteiger partial charge on any atom is 0.328 e. The molecule has 1 fully saturated rings. The molecule has 10 heteroatoms. The van der Waals surface area contributed by atoms with E-state index in [4.69, 9.17) is 11.5 Å². The fourth-order valence-corrected chi connectivity index (χ4v) is 3.09. The molecule has 1 aromatic heterocycles. The zero-order chi connectivity index (χ0) is 19.6. The van der Waals surface area contributed by atoms with Gasteiger partial charge in [0, 0.05) is 31.3 Å². The number of hydrogen-bond acceptors (Lipinski definition) is 6. The number of nitrogens with two attached hydrogens (primary N) is 2. The number of hydrogen-bond donors (Lipinski definition) is 4. The van der Waals surface area contributed by atoms with Crippen molar-refractivity contribution in [3.05, 3.63) is 32.6 Å². The van der Waals surface area contributed by atoms with E-state index in [0.717, 1.165) is 0 Å². The van der Waals surface area contributed by atoms with Crippen LogP contribution in [0, 0.1) is 6.92 Å². The molecular weight excluding hydrogens is 342 g/mol. The van der Waals surface area contributed by atoms with Crippen LogP contribution in [0.4, 0.5) is 0 Å². The molecule has 0 aliphatic carbocycles. The molecule has 2 heterocycles. The molecule has 3 atom stereocenters. The number of aryl methyl sites for hydroxylation is 1.